The summed E-state index contributed by atoms with van der Waals surface area (Å²) in [7, 11) is 1.55. The fourth-order valence-corrected chi connectivity index (χ4v) is 5.54. The van der Waals surface area contributed by atoms with Crippen molar-refractivity contribution in [2.45, 2.75) is 28.9 Å². The molecule has 0 spiro atoms. The molecule has 2 fully saturated rings. The number of anilines is 1. The van der Waals surface area contributed by atoms with Crippen LogP contribution in [0.4, 0.5) is 5.13 Å². The zero-order valence-electron chi connectivity index (χ0n) is 18.6. The number of carbonyl (C=O) groups is 3. The summed E-state index contributed by atoms with van der Waals surface area (Å²) in [6.45, 7) is 3.77. The van der Waals surface area contributed by atoms with E-state index in [2.05, 4.69) is 10.3 Å². The Hall–Kier alpha value is -2.63. The van der Waals surface area contributed by atoms with Gasteiger partial charge >= 0.3 is 0 Å². The number of aryl methyl sites for hydroxylation is 1. The summed E-state index contributed by atoms with van der Waals surface area (Å²) in [5.74, 6) is 0.436. The van der Waals surface area contributed by atoms with Crippen LogP contribution in [-0.4, -0.2) is 72.3 Å². The minimum absolute atomic E-state index is 0.0239. The maximum atomic E-state index is 13.3. The van der Waals surface area contributed by atoms with Gasteiger partial charge in [0.2, 0.25) is 11.8 Å². The van der Waals surface area contributed by atoms with Gasteiger partial charge in [-0.25, -0.2) is 4.98 Å². The van der Waals surface area contributed by atoms with Crippen LogP contribution < -0.4 is 15.8 Å². The van der Waals surface area contributed by atoms with Crippen LogP contribution in [0.5, 0.6) is 5.75 Å². The van der Waals surface area contributed by atoms with Crippen molar-refractivity contribution in [2.24, 2.45) is 11.7 Å². The van der Waals surface area contributed by atoms with Gasteiger partial charge in [-0.05, 0) is 37.5 Å². The molecule has 3 N–H and O–H groups in total. The third-order valence-electron chi connectivity index (χ3n) is 5.69. The summed E-state index contributed by atoms with van der Waals surface area (Å²) in [5.41, 5.74) is 6.90. The molecule has 2 heterocycles. The van der Waals surface area contributed by atoms with Crippen LogP contribution in [0.1, 0.15) is 28.8 Å². The largest absolute Gasteiger partial charge is 0.496 e. The number of piperazine rings is 1. The molecule has 1 aromatic heterocycles. The Bertz CT molecular complexity index is 1060. The molecule has 3 amide bonds. The number of methoxy groups -OCH3 is 1. The molecule has 1 aromatic carbocycles. The summed E-state index contributed by atoms with van der Waals surface area (Å²) in [6.07, 6.45) is 3.62. The van der Waals surface area contributed by atoms with Crippen molar-refractivity contribution < 1.29 is 19.1 Å². The first-order valence-corrected chi connectivity index (χ1v) is 12.4. The molecule has 2 aliphatic rings. The van der Waals surface area contributed by atoms with Gasteiger partial charge in [-0.3, -0.25) is 14.4 Å². The van der Waals surface area contributed by atoms with Gasteiger partial charge in [0.05, 0.1) is 29.6 Å². The second kappa shape index (κ2) is 10.1. The van der Waals surface area contributed by atoms with Crippen molar-refractivity contribution >= 4 is 46.0 Å². The molecule has 1 aliphatic heterocycles. The van der Waals surface area contributed by atoms with Gasteiger partial charge in [-0.15, -0.1) is 0 Å². The molecule has 4 rings (SSSR count). The molecule has 0 bridgehead atoms. The SMILES string of the molecule is COc1cc(C)c(Sc2cnc(NC(=O)C3CC3)s2)cc1C(=O)N1CCN(C(=O)CN)CC1. The summed E-state index contributed by atoms with van der Waals surface area (Å²) in [4.78, 5) is 45.7. The number of thiazole rings is 1. The van der Waals surface area contributed by atoms with Crippen LogP contribution in [0.3, 0.4) is 0 Å². The number of nitrogens with zero attached hydrogens (tertiary/aromatic N) is 3. The van der Waals surface area contributed by atoms with Crippen molar-refractivity contribution in [3.05, 3.63) is 29.5 Å². The highest BCUT2D eigenvalue weighted by atomic mass is 32.2. The Kier molecular flexibility index (Phi) is 7.20. The van der Waals surface area contributed by atoms with Crippen LogP contribution in [0.25, 0.3) is 0 Å². The van der Waals surface area contributed by atoms with E-state index in [0.29, 0.717) is 42.6 Å². The second-order valence-corrected chi connectivity index (χ2v) is 10.4. The van der Waals surface area contributed by atoms with E-state index in [1.54, 1.807) is 23.1 Å². The van der Waals surface area contributed by atoms with E-state index in [1.807, 2.05) is 19.1 Å². The average molecular weight is 490 g/mol. The van der Waals surface area contributed by atoms with E-state index in [4.69, 9.17) is 10.5 Å². The fraction of sp³-hybridized carbons (Fsp3) is 0.455. The summed E-state index contributed by atoms with van der Waals surface area (Å²) < 4.78 is 6.42. The number of benzene rings is 1. The van der Waals surface area contributed by atoms with Crippen molar-refractivity contribution in [3.8, 4) is 5.75 Å². The van der Waals surface area contributed by atoms with Crippen molar-refractivity contribution in [1.29, 1.82) is 0 Å². The molecule has 9 nitrogen and oxygen atoms in total. The summed E-state index contributed by atoms with van der Waals surface area (Å²) in [5, 5.41) is 3.45. The van der Waals surface area contributed by atoms with Gasteiger partial charge in [0.25, 0.3) is 5.91 Å². The lowest BCUT2D eigenvalue weighted by atomic mass is 10.1. The van der Waals surface area contributed by atoms with Crippen LogP contribution >= 0.6 is 23.1 Å². The van der Waals surface area contributed by atoms with E-state index in [-0.39, 0.29) is 30.2 Å². The summed E-state index contributed by atoms with van der Waals surface area (Å²) >= 11 is 2.92. The van der Waals surface area contributed by atoms with Gasteiger partial charge in [0.1, 0.15) is 5.75 Å². The van der Waals surface area contributed by atoms with Gasteiger partial charge in [-0.2, -0.15) is 0 Å². The highest BCUT2D eigenvalue weighted by Crippen LogP contribution is 2.39. The number of amides is 3. The Morgan fingerprint density at radius 3 is 2.55 bits per heavy atom. The number of nitrogens with one attached hydrogen (secondary N) is 1. The van der Waals surface area contributed by atoms with Gasteiger partial charge < -0.3 is 25.6 Å². The molecule has 0 atom stereocenters. The van der Waals surface area contributed by atoms with Crippen LogP contribution in [-0.2, 0) is 9.59 Å². The Morgan fingerprint density at radius 1 is 1.21 bits per heavy atom. The number of nitrogens with two attached hydrogens (primary N) is 1. The normalized spacial score (nSPS) is 16.0. The maximum absolute atomic E-state index is 13.3. The zero-order chi connectivity index (χ0) is 23.5. The Labute approximate surface area is 200 Å². The number of carbonyl (C=O) groups excluding carboxylic acids is 3. The quantitative estimate of drug-likeness (QED) is 0.612. The first-order valence-electron chi connectivity index (χ1n) is 10.8. The highest BCUT2D eigenvalue weighted by molar-refractivity contribution is 8.01. The van der Waals surface area contributed by atoms with Crippen molar-refractivity contribution in [2.75, 3.05) is 45.2 Å². The molecule has 0 radical (unpaired) electrons. The molecule has 33 heavy (non-hydrogen) atoms. The molecule has 1 aliphatic carbocycles. The van der Waals surface area contributed by atoms with E-state index in [1.165, 1.54) is 23.1 Å². The van der Waals surface area contributed by atoms with Crippen LogP contribution in [0.15, 0.2) is 27.4 Å². The van der Waals surface area contributed by atoms with E-state index in [0.717, 1.165) is 27.5 Å². The molecule has 1 saturated heterocycles. The van der Waals surface area contributed by atoms with E-state index >= 15 is 0 Å². The lowest BCUT2D eigenvalue weighted by molar-refractivity contribution is -0.131. The third-order valence-corrected chi connectivity index (χ3v) is 7.87. The second-order valence-electron chi connectivity index (χ2n) is 8.05. The Morgan fingerprint density at radius 2 is 1.91 bits per heavy atom. The topological polar surface area (TPSA) is 118 Å². The standard InChI is InChI=1S/C22H27N5O4S2/c1-13-9-16(31-2)15(21(30)27-7-5-26(6-8-27)18(28)11-23)10-17(13)32-19-12-24-22(33-19)25-20(29)14-3-4-14/h9-10,12,14H,3-8,11,23H2,1-2H3,(H,24,25,29). The fourth-order valence-electron chi connectivity index (χ4n) is 3.59. The molecular weight excluding hydrogens is 462 g/mol. The first-order chi connectivity index (χ1) is 15.9. The third kappa shape index (κ3) is 5.48. The molecule has 0 unspecified atom stereocenters. The molecule has 1 saturated carbocycles. The molecule has 11 heteroatoms. The first kappa shape index (κ1) is 23.5. The molecule has 176 valence electrons. The summed E-state index contributed by atoms with van der Waals surface area (Å²) in [6, 6.07) is 3.71. The lowest BCUT2D eigenvalue weighted by Gasteiger charge is -2.35. The number of hydrogen-bond acceptors (Lipinski definition) is 8. The van der Waals surface area contributed by atoms with Gasteiger partial charge in [0.15, 0.2) is 5.13 Å². The Balaban J connectivity index is 1.48. The van der Waals surface area contributed by atoms with E-state index in [9.17, 15) is 14.4 Å². The number of ether oxygens (including phenoxy) is 1. The lowest BCUT2D eigenvalue weighted by Crippen LogP contribution is -2.51. The predicted molar refractivity (Wildman–Crippen MR) is 127 cm³/mol. The zero-order valence-corrected chi connectivity index (χ0v) is 20.3. The smallest absolute Gasteiger partial charge is 0.257 e. The van der Waals surface area contributed by atoms with Crippen molar-refractivity contribution in [3.63, 3.8) is 0 Å². The van der Waals surface area contributed by atoms with E-state index < -0.39 is 0 Å². The minimum Gasteiger partial charge on any atom is -0.496 e. The molecular formula is C22H27N5O4S2. The minimum atomic E-state index is -0.129. The van der Waals surface area contributed by atoms with Crippen molar-refractivity contribution in [1.82, 2.24) is 14.8 Å². The average Bonchev–Trinajstić information content (AvgIpc) is 3.60. The van der Waals surface area contributed by atoms with Gasteiger partial charge in [0, 0.05) is 37.0 Å². The predicted octanol–water partition coefficient (Wildman–Crippen LogP) is 2.20. The number of aromatic nitrogens is 1. The molecule has 2 aromatic rings. The number of hydrogen-bond donors (Lipinski definition) is 2. The van der Waals surface area contributed by atoms with Gasteiger partial charge in [-0.1, -0.05) is 23.1 Å². The van der Waals surface area contributed by atoms with Crippen LogP contribution in [0, 0.1) is 12.8 Å². The monoisotopic (exact) mass is 489 g/mol. The number of rotatable bonds is 7. The maximum Gasteiger partial charge on any atom is 0.257 e. The highest BCUT2D eigenvalue weighted by Gasteiger charge is 2.30. The van der Waals surface area contributed by atoms with Crippen LogP contribution in [0.2, 0.25) is 0 Å².